The van der Waals surface area contributed by atoms with Gasteiger partial charge in [-0.05, 0) is 55.0 Å². The minimum atomic E-state index is -0.801. The van der Waals surface area contributed by atoms with Crippen molar-refractivity contribution < 1.29 is 18.0 Å². The summed E-state index contributed by atoms with van der Waals surface area (Å²) in [5, 5.41) is 6.44. The van der Waals surface area contributed by atoms with Crippen molar-refractivity contribution in [2.24, 2.45) is 11.8 Å². The van der Waals surface area contributed by atoms with Crippen LogP contribution in [0.25, 0.3) is 16.8 Å². The topological polar surface area (TPSA) is 71.0 Å². The fourth-order valence-electron chi connectivity index (χ4n) is 4.34. The van der Waals surface area contributed by atoms with Gasteiger partial charge in [0.15, 0.2) is 0 Å². The number of likely N-dealkylation sites (tertiary alicyclic amines) is 1. The number of aromatic amines is 1. The molecule has 1 amide bonds. The lowest BCUT2D eigenvalue weighted by molar-refractivity contribution is -0.131. The van der Waals surface area contributed by atoms with Gasteiger partial charge in [0.1, 0.15) is 23.3 Å². The lowest BCUT2D eigenvalue weighted by Gasteiger charge is -2.16. The van der Waals surface area contributed by atoms with E-state index in [-0.39, 0.29) is 34.6 Å². The molecule has 1 aliphatic heterocycles. The highest BCUT2D eigenvalue weighted by Gasteiger charge is 2.37. The van der Waals surface area contributed by atoms with Gasteiger partial charge in [-0.1, -0.05) is 6.07 Å². The number of halogens is 3. The number of hydrogen-bond donors (Lipinski definition) is 1. The van der Waals surface area contributed by atoms with Crippen molar-refractivity contribution in [3.8, 4) is 16.8 Å². The second kappa shape index (κ2) is 7.96. The molecule has 1 saturated heterocycles. The van der Waals surface area contributed by atoms with Crippen LogP contribution in [0.1, 0.15) is 25.1 Å². The van der Waals surface area contributed by atoms with Gasteiger partial charge < -0.3 is 4.90 Å². The highest BCUT2D eigenvalue weighted by atomic mass is 19.1. The Morgan fingerprint density at radius 2 is 1.88 bits per heavy atom. The number of H-pyrrole nitrogens is 1. The summed E-state index contributed by atoms with van der Waals surface area (Å²) >= 11 is 0. The number of hydrogen-bond acceptors (Lipinski definition) is 3. The Morgan fingerprint density at radius 1 is 1.06 bits per heavy atom. The zero-order valence-corrected chi connectivity index (χ0v) is 17.2. The second-order valence-electron chi connectivity index (χ2n) is 8.49. The molecule has 0 bridgehead atoms. The number of aromatic nitrogens is 3. The third kappa shape index (κ3) is 3.83. The standard InChI is InChI=1S/C23H21F3N4O2/c24-16-4-5-17(18(25)11-16)15-3-6-20(19(26)10-15)30-21(27-28-23(30)32)9-13-7-8-29(12-13)22(31)14-1-2-14/h3-6,10-11,13-14H,1-2,7-9,12H2,(H,28,32). The SMILES string of the molecule is O=C(C1CC1)N1CCC(Cc2n[nH]c(=O)n2-c2ccc(-c3ccc(F)cc3F)cc2F)C1. The van der Waals surface area contributed by atoms with Crippen LogP contribution in [0.5, 0.6) is 0 Å². The van der Waals surface area contributed by atoms with Gasteiger partial charge in [-0.2, -0.15) is 5.10 Å². The molecule has 1 atom stereocenters. The van der Waals surface area contributed by atoms with E-state index in [2.05, 4.69) is 10.2 Å². The third-order valence-electron chi connectivity index (χ3n) is 6.17. The second-order valence-corrected chi connectivity index (χ2v) is 8.49. The molecular formula is C23H21F3N4O2. The molecule has 2 fully saturated rings. The van der Waals surface area contributed by atoms with E-state index < -0.39 is 23.1 Å². The molecule has 166 valence electrons. The van der Waals surface area contributed by atoms with Crippen LogP contribution in [-0.2, 0) is 11.2 Å². The van der Waals surface area contributed by atoms with Crippen LogP contribution < -0.4 is 5.69 Å². The summed E-state index contributed by atoms with van der Waals surface area (Å²) in [4.78, 5) is 26.5. The van der Waals surface area contributed by atoms with E-state index in [9.17, 15) is 22.8 Å². The number of carbonyl (C=O) groups excluding carboxylic acids is 1. The van der Waals surface area contributed by atoms with E-state index in [4.69, 9.17) is 0 Å². The van der Waals surface area contributed by atoms with E-state index in [1.54, 1.807) is 0 Å². The molecule has 3 aromatic rings. The molecule has 1 aliphatic carbocycles. The van der Waals surface area contributed by atoms with E-state index in [1.165, 1.54) is 22.8 Å². The maximum absolute atomic E-state index is 15.0. The van der Waals surface area contributed by atoms with Gasteiger partial charge in [0.05, 0.1) is 5.69 Å². The van der Waals surface area contributed by atoms with Crippen molar-refractivity contribution in [3.63, 3.8) is 0 Å². The Labute approximate surface area is 181 Å². The van der Waals surface area contributed by atoms with Crippen molar-refractivity contribution in [1.29, 1.82) is 0 Å². The summed E-state index contributed by atoms with van der Waals surface area (Å²) in [5.74, 6) is -1.39. The average molecular weight is 442 g/mol. The average Bonchev–Trinajstić information content (AvgIpc) is 3.41. The molecule has 1 unspecified atom stereocenters. The smallest absolute Gasteiger partial charge is 0.342 e. The lowest BCUT2D eigenvalue weighted by Crippen LogP contribution is -2.30. The van der Waals surface area contributed by atoms with E-state index in [0.29, 0.717) is 25.3 Å². The van der Waals surface area contributed by atoms with Crippen molar-refractivity contribution in [2.45, 2.75) is 25.7 Å². The molecule has 1 saturated carbocycles. The van der Waals surface area contributed by atoms with Crippen molar-refractivity contribution in [2.75, 3.05) is 13.1 Å². The van der Waals surface area contributed by atoms with Crippen LogP contribution in [0.4, 0.5) is 13.2 Å². The van der Waals surface area contributed by atoms with Gasteiger partial charge in [-0.3, -0.25) is 4.79 Å². The first kappa shape index (κ1) is 20.5. The Kier molecular flexibility index (Phi) is 5.11. The highest BCUT2D eigenvalue weighted by Crippen LogP contribution is 2.33. The maximum Gasteiger partial charge on any atom is 0.348 e. The molecule has 5 rings (SSSR count). The summed E-state index contributed by atoms with van der Waals surface area (Å²) in [6.45, 7) is 1.28. The summed E-state index contributed by atoms with van der Waals surface area (Å²) < 4.78 is 43.4. The maximum atomic E-state index is 15.0. The van der Waals surface area contributed by atoms with Crippen LogP contribution in [0.3, 0.4) is 0 Å². The summed E-state index contributed by atoms with van der Waals surface area (Å²) in [7, 11) is 0. The van der Waals surface area contributed by atoms with E-state index in [1.807, 2.05) is 4.90 Å². The number of benzene rings is 2. The Morgan fingerprint density at radius 3 is 2.59 bits per heavy atom. The molecule has 2 aromatic carbocycles. The molecule has 32 heavy (non-hydrogen) atoms. The summed E-state index contributed by atoms with van der Waals surface area (Å²) in [5.41, 5.74) is -0.299. The van der Waals surface area contributed by atoms with Crippen LogP contribution in [0.15, 0.2) is 41.2 Å². The monoisotopic (exact) mass is 442 g/mol. The van der Waals surface area contributed by atoms with Crippen LogP contribution in [0.2, 0.25) is 0 Å². The normalized spacial score (nSPS) is 18.3. The van der Waals surface area contributed by atoms with Gasteiger partial charge in [0.2, 0.25) is 5.91 Å². The first-order valence-electron chi connectivity index (χ1n) is 10.6. The van der Waals surface area contributed by atoms with Crippen molar-refractivity contribution in [3.05, 3.63) is 70.2 Å². The molecule has 2 heterocycles. The molecule has 9 heteroatoms. The summed E-state index contributed by atoms with van der Waals surface area (Å²) in [6.07, 6.45) is 3.12. The molecule has 6 nitrogen and oxygen atoms in total. The Hall–Kier alpha value is -3.36. The number of nitrogens with one attached hydrogen (secondary N) is 1. The molecule has 2 aliphatic rings. The van der Waals surface area contributed by atoms with Gasteiger partial charge in [0, 0.05) is 37.1 Å². The largest absolute Gasteiger partial charge is 0.348 e. The highest BCUT2D eigenvalue weighted by molar-refractivity contribution is 5.81. The minimum Gasteiger partial charge on any atom is -0.342 e. The molecular weight excluding hydrogens is 421 g/mol. The third-order valence-corrected chi connectivity index (χ3v) is 6.17. The minimum absolute atomic E-state index is 0.00562. The van der Waals surface area contributed by atoms with Crippen LogP contribution >= 0.6 is 0 Å². The first-order valence-corrected chi connectivity index (χ1v) is 10.6. The van der Waals surface area contributed by atoms with Crippen molar-refractivity contribution >= 4 is 5.91 Å². The number of nitrogens with zero attached hydrogens (tertiary/aromatic N) is 3. The van der Waals surface area contributed by atoms with Crippen LogP contribution in [-0.4, -0.2) is 38.7 Å². The quantitative estimate of drug-likeness (QED) is 0.658. The fraction of sp³-hybridized carbons (Fsp3) is 0.348. The van der Waals surface area contributed by atoms with Gasteiger partial charge in [0.25, 0.3) is 0 Å². The zero-order valence-electron chi connectivity index (χ0n) is 17.2. The lowest BCUT2D eigenvalue weighted by atomic mass is 10.0. The molecule has 0 spiro atoms. The molecule has 1 aromatic heterocycles. The Balaban J connectivity index is 1.39. The fourth-order valence-corrected chi connectivity index (χ4v) is 4.34. The van der Waals surface area contributed by atoms with E-state index in [0.717, 1.165) is 37.5 Å². The Bertz CT molecular complexity index is 1250. The van der Waals surface area contributed by atoms with E-state index >= 15 is 0 Å². The predicted octanol–water partition coefficient (Wildman–Crippen LogP) is 3.45. The molecule has 0 radical (unpaired) electrons. The zero-order chi connectivity index (χ0) is 22.4. The number of carbonyl (C=O) groups is 1. The van der Waals surface area contributed by atoms with Gasteiger partial charge >= 0.3 is 5.69 Å². The van der Waals surface area contributed by atoms with Gasteiger partial charge in [-0.25, -0.2) is 27.6 Å². The van der Waals surface area contributed by atoms with Gasteiger partial charge in [-0.15, -0.1) is 0 Å². The van der Waals surface area contributed by atoms with Crippen LogP contribution in [0, 0.1) is 29.3 Å². The number of amides is 1. The number of rotatable bonds is 5. The predicted molar refractivity (Wildman–Crippen MR) is 111 cm³/mol. The molecule has 1 N–H and O–H groups in total. The first-order chi connectivity index (χ1) is 15.4. The summed E-state index contributed by atoms with van der Waals surface area (Å²) in [6, 6.07) is 7.04. The van der Waals surface area contributed by atoms with Crippen molar-refractivity contribution in [1.82, 2.24) is 19.7 Å².